The van der Waals surface area contributed by atoms with Crippen LogP contribution < -0.4 is 0 Å². The first-order chi connectivity index (χ1) is 13.4. The minimum absolute atomic E-state index is 0.106. The van der Waals surface area contributed by atoms with Gasteiger partial charge in [-0.25, -0.2) is 9.78 Å². The van der Waals surface area contributed by atoms with Gasteiger partial charge in [-0.05, 0) is 38.0 Å². The summed E-state index contributed by atoms with van der Waals surface area (Å²) in [6.45, 7) is 5.36. The molecule has 3 aromatic rings. The second-order valence-electron chi connectivity index (χ2n) is 7.13. The van der Waals surface area contributed by atoms with Crippen LogP contribution in [0.5, 0.6) is 0 Å². The minimum Gasteiger partial charge on any atom is -0.465 e. The van der Waals surface area contributed by atoms with E-state index in [-0.39, 0.29) is 12.6 Å². The third-order valence-corrected chi connectivity index (χ3v) is 4.96. The Labute approximate surface area is 164 Å². The number of pyridine rings is 1. The molecule has 28 heavy (non-hydrogen) atoms. The van der Waals surface area contributed by atoms with Crippen molar-refractivity contribution in [1.82, 2.24) is 4.98 Å². The second kappa shape index (κ2) is 7.80. The molecule has 0 spiro atoms. The summed E-state index contributed by atoms with van der Waals surface area (Å²) in [6, 6.07) is 17.0. The topological polar surface area (TPSA) is 65.5 Å². The SMILES string of the molecule is COC(=O)c1c(COC(=O)C(C)(C)c2ccccc2)nc2ccccc2c1C. The summed E-state index contributed by atoms with van der Waals surface area (Å²) in [5, 5.41) is 0.864. The third kappa shape index (κ3) is 3.60. The third-order valence-electron chi connectivity index (χ3n) is 4.96. The van der Waals surface area contributed by atoms with Gasteiger partial charge in [-0.1, -0.05) is 48.5 Å². The van der Waals surface area contributed by atoms with Gasteiger partial charge in [0.05, 0.1) is 29.3 Å². The van der Waals surface area contributed by atoms with E-state index in [9.17, 15) is 9.59 Å². The molecule has 144 valence electrons. The number of methoxy groups -OCH3 is 1. The van der Waals surface area contributed by atoms with Gasteiger partial charge in [-0.15, -0.1) is 0 Å². The van der Waals surface area contributed by atoms with Gasteiger partial charge < -0.3 is 9.47 Å². The first-order valence-electron chi connectivity index (χ1n) is 9.05. The van der Waals surface area contributed by atoms with Gasteiger partial charge in [0.2, 0.25) is 0 Å². The molecule has 5 nitrogen and oxygen atoms in total. The number of fused-ring (bicyclic) bond motifs is 1. The molecule has 0 radical (unpaired) electrons. The molecule has 0 aliphatic carbocycles. The maximum Gasteiger partial charge on any atom is 0.340 e. The highest BCUT2D eigenvalue weighted by atomic mass is 16.5. The molecule has 1 aromatic heterocycles. The Hall–Kier alpha value is -3.21. The monoisotopic (exact) mass is 377 g/mol. The number of para-hydroxylation sites is 1. The standard InChI is InChI=1S/C23H23NO4/c1-15-17-12-8-9-13-18(17)24-19(20(15)21(25)27-4)14-28-22(26)23(2,3)16-10-6-5-7-11-16/h5-13H,14H2,1-4H3. The fourth-order valence-electron chi connectivity index (χ4n) is 3.21. The van der Waals surface area contributed by atoms with Crippen molar-refractivity contribution in [1.29, 1.82) is 0 Å². The maximum atomic E-state index is 12.8. The van der Waals surface area contributed by atoms with Gasteiger partial charge in [0.25, 0.3) is 0 Å². The van der Waals surface area contributed by atoms with Crippen LogP contribution in [-0.4, -0.2) is 24.0 Å². The van der Waals surface area contributed by atoms with Crippen LogP contribution in [0.1, 0.15) is 41.0 Å². The number of rotatable bonds is 5. The van der Waals surface area contributed by atoms with Crippen molar-refractivity contribution in [2.45, 2.75) is 32.8 Å². The highest BCUT2D eigenvalue weighted by Gasteiger charge is 2.32. The smallest absolute Gasteiger partial charge is 0.340 e. The number of aryl methyl sites for hydroxylation is 1. The number of carbonyl (C=O) groups excluding carboxylic acids is 2. The number of hydrogen-bond donors (Lipinski definition) is 0. The number of hydrogen-bond acceptors (Lipinski definition) is 5. The Morgan fingerprint density at radius 3 is 2.32 bits per heavy atom. The Bertz CT molecular complexity index is 1030. The number of aromatic nitrogens is 1. The zero-order chi connectivity index (χ0) is 20.3. The van der Waals surface area contributed by atoms with E-state index in [4.69, 9.17) is 9.47 Å². The van der Waals surface area contributed by atoms with Crippen LogP contribution in [0.25, 0.3) is 10.9 Å². The quantitative estimate of drug-likeness (QED) is 0.619. The van der Waals surface area contributed by atoms with Crippen molar-refractivity contribution < 1.29 is 19.1 Å². The molecule has 1 heterocycles. The lowest BCUT2D eigenvalue weighted by molar-refractivity contribution is -0.150. The number of esters is 2. The van der Waals surface area contributed by atoms with Crippen molar-refractivity contribution in [3.05, 3.63) is 77.0 Å². The van der Waals surface area contributed by atoms with Gasteiger partial charge in [-0.3, -0.25) is 4.79 Å². The summed E-state index contributed by atoms with van der Waals surface area (Å²) in [5.41, 5.74) is 2.26. The number of benzene rings is 2. The molecule has 0 aliphatic heterocycles. The minimum atomic E-state index is -0.821. The van der Waals surface area contributed by atoms with Crippen LogP contribution in [0, 0.1) is 6.92 Å². The second-order valence-corrected chi connectivity index (χ2v) is 7.13. The van der Waals surface area contributed by atoms with Gasteiger partial charge >= 0.3 is 11.9 Å². The summed E-state index contributed by atoms with van der Waals surface area (Å²) in [6.07, 6.45) is 0. The Balaban J connectivity index is 1.93. The summed E-state index contributed by atoms with van der Waals surface area (Å²) >= 11 is 0. The van der Waals surface area contributed by atoms with E-state index in [0.717, 1.165) is 22.0 Å². The van der Waals surface area contributed by atoms with Gasteiger partial charge in [0.15, 0.2) is 0 Å². The van der Waals surface area contributed by atoms with E-state index in [0.29, 0.717) is 11.3 Å². The number of nitrogens with zero attached hydrogens (tertiary/aromatic N) is 1. The normalized spacial score (nSPS) is 11.3. The molecule has 2 aromatic carbocycles. The molecule has 0 amide bonds. The first kappa shape index (κ1) is 19.5. The fourth-order valence-corrected chi connectivity index (χ4v) is 3.21. The predicted molar refractivity (Wildman–Crippen MR) is 107 cm³/mol. The van der Waals surface area contributed by atoms with E-state index in [1.807, 2.05) is 75.4 Å². The molecule has 0 fully saturated rings. The molecule has 0 atom stereocenters. The van der Waals surface area contributed by atoms with Crippen molar-refractivity contribution in [2.24, 2.45) is 0 Å². The lowest BCUT2D eigenvalue weighted by Gasteiger charge is -2.23. The zero-order valence-corrected chi connectivity index (χ0v) is 16.5. The average Bonchev–Trinajstić information content (AvgIpc) is 2.72. The maximum absolute atomic E-state index is 12.8. The van der Waals surface area contributed by atoms with Crippen LogP contribution in [-0.2, 0) is 26.3 Å². The zero-order valence-electron chi connectivity index (χ0n) is 16.5. The molecule has 0 N–H and O–H groups in total. The van der Waals surface area contributed by atoms with Crippen molar-refractivity contribution in [3.63, 3.8) is 0 Å². The van der Waals surface area contributed by atoms with Crippen molar-refractivity contribution in [3.8, 4) is 0 Å². The molecule has 0 bridgehead atoms. The summed E-state index contributed by atoms with van der Waals surface area (Å²) < 4.78 is 10.5. The summed E-state index contributed by atoms with van der Waals surface area (Å²) in [7, 11) is 1.32. The van der Waals surface area contributed by atoms with Crippen LogP contribution in [0.15, 0.2) is 54.6 Å². The van der Waals surface area contributed by atoms with E-state index >= 15 is 0 Å². The highest BCUT2D eigenvalue weighted by molar-refractivity contribution is 5.98. The van der Waals surface area contributed by atoms with Crippen molar-refractivity contribution >= 4 is 22.8 Å². The largest absolute Gasteiger partial charge is 0.465 e. The van der Waals surface area contributed by atoms with E-state index in [1.165, 1.54) is 7.11 Å². The van der Waals surface area contributed by atoms with Crippen LogP contribution in [0.4, 0.5) is 0 Å². The Kier molecular flexibility index (Phi) is 5.45. The lowest BCUT2D eigenvalue weighted by Crippen LogP contribution is -2.31. The number of carbonyl (C=O) groups is 2. The predicted octanol–water partition coefficient (Wildman–Crippen LogP) is 4.35. The molecule has 0 saturated carbocycles. The first-order valence-corrected chi connectivity index (χ1v) is 9.05. The molecular formula is C23H23NO4. The molecule has 5 heteroatoms. The number of ether oxygens (including phenoxy) is 2. The fraction of sp³-hybridized carbons (Fsp3) is 0.261. The molecule has 3 rings (SSSR count). The molecule has 0 saturated heterocycles. The van der Waals surface area contributed by atoms with E-state index in [1.54, 1.807) is 0 Å². The Morgan fingerprint density at radius 1 is 1.00 bits per heavy atom. The van der Waals surface area contributed by atoms with Crippen LogP contribution in [0.2, 0.25) is 0 Å². The van der Waals surface area contributed by atoms with Gasteiger partial charge in [0.1, 0.15) is 6.61 Å². The average molecular weight is 377 g/mol. The van der Waals surface area contributed by atoms with Gasteiger partial charge in [0, 0.05) is 5.39 Å². The van der Waals surface area contributed by atoms with Crippen LogP contribution in [0.3, 0.4) is 0 Å². The van der Waals surface area contributed by atoms with E-state index in [2.05, 4.69) is 4.98 Å². The van der Waals surface area contributed by atoms with Crippen molar-refractivity contribution in [2.75, 3.05) is 7.11 Å². The Morgan fingerprint density at radius 2 is 1.64 bits per heavy atom. The lowest BCUT2D eigenvalue weighted by atomic mass is 9.85. The summed E-state index contributed by atoms with van der Waals surface area (Å²) in [4.78, 5) is 29.7. The van der Waals surface area contributed by atoms with E-state index < -0.39 is 11.4 Å². The highest BCUT2D eigenvalue weighted by Crippen LogP contribution is 2.27. The molecule has 0 aliphatic rings. The molecule has 0 unspecified atom stereocenters. The van der Waals surface area contributed by atoms with Crippen LogP contribution >= 0.6 is 0 Å². The summed E-state index contributed by atoms with van der Waals surface area (Å²) in [5.74, 6) is -0.883. The molecular weight excluding hydrogens is 354 g/mol. The van der Waals surface area contributed by atoms with Gasteiger partial charge in [-0.2, -0.15) is 0 Å².